The van der Waals surface area contributed by atoms with E-state index in [1.165, 1.54) is 5.56 Å². The van der Waals surface area contributed by atoms with Gasteiger partial charge in [-0.1, -0.05) is 36.4 Å². The average Bonchev–Trinajstić information content (AvgIpc) is 3.59. The zero-order chi connectivity index (χ0) is 20.8. The monoisotopic (exact) mass is 408 g/mol. The topological polar surface area (TPSA) is 82.7 Å². The highest BCUT2D eigenvalue weighted by atomic mass is 16.5. The molecule has 2 fully saturated rings. The van der Waals surface area contributed by atoms with Crippen LogP contribution in [0, 0.1) is 5.92 Å². The molecule has 1 unspecified atom stereocenters. The Morgan fingerprint density at radius 2 is 1.77 bits per heavy atom. The molecule has 4 rings (SSSR count). The summed E-state index contributed by atoms with van der Waals surface area (Å²) < 4.78 is 5.81. The third-order valence-corrected chi connectivity index (χ3v) is 5.30. The van der Waals surface area contributed by atoms with Gasteiger partial charge in [0.15, 0.2) is 0 Å². The molecule has 0 aromatic heterocycles. The molecular formula is C23H28N4O3. The lowest BCUT2D eigenvalue weighted by Gasteiger charge is -2.33. The molecule has 1 aliphatic carbocycles. The Morgan fingerprint density at radius 1 is 1.00 bits per heavy atom. The van der Waals surface area contributed by atoms with Crippen molar-refractivity contribution in [3.63, 3.8) is 0 Å². The van der Waals surface area contributed by atoms with E-state index < -0.39 is 0 Å². The summed E-state index contributed by atoms with van der Waals surface area (Å²) in [6.07, 6.45) is 1.87. The summed E-state index contributed by atoms with van der Waals surface area (Å²) in [5.74, 6) is 0.188. The van der Waals surface area contributed by atoms with Gasteiger partial charge in [-0.15, -0.1) is 0 Å². The van der Waals surface area contributed by atoms with E-state index in [2.05, 4.69) is 33.0 Å². The van der Waals surface area contributed by atoms with Gasteiger partial charge in [-0.05, 0) is 36.6 Å². The number of nitrogens with one attached hydrogen (secondary N) is 3. The molecule has 1 atom stereocenters. The SMILES string of the molecule is O=C(NCC1CN(Cc2ccccc2)CCO1)Nc1cccc(NC(=O)C2CC2)c1. The van der Waals surface area contributed by atoms with Crippen molar-refractivity contribution in [1.29, 1.82) is 0 Å². The summed E-state index contributed by atoms with van der Waals surface area (Å²) in [7, 11) is 0. The summed E-state index contributed by atoms with van der Waals surface area (Å²) in [5, 5.41) is 8.60. The normalized spacial score (nSPS) is 19.1. The number of carbonyl (C=O) groups excluding carboxylic acids is 2. The number of ether oxygens (including phenoxy) is 1. The highest BCUT2D eigenvalue weighted by molar-refractivity contribution is 5.95. The molecule has 0 spiro atoms. The number of morpholine rings is 1. The fourth-order valence-corrected chi connectivity index (χ4v) is 3.54. The number of hydrogen-bond donors (Lipinski definition) is 3. The second-order valence-corrected chi connectivity index (χ2v) is 7.89. The summed E-state index contributed by atoms with van der Waals surface area (Å²) in [6, 6.07) is 17.3. The number of hydrogen-bond acceptors (Lipinski definition) is 4. The van der Waals surface area contributed by atoms with E-state index in [1.807, 2.05) is 30.3 Å². The molecule has 2 aromatic carbocycles. The lowest BCUT2D eigenvalue weighted by atomic mass is 10.2. The number of anilines is 2. The Bertz CT molecular complexity index is 870. The Balaban J connectivity index is 1.22. The minimum Gasteiger partial charge on any atom is -0.374 e. The van der Waals surface area contributed by atoms with Crippen LogP contribution in [0.5, 0.6) is 0 Å². The van der Waals surface area contributed by atoms with E-state index in [-0.39, 0.29) is 24.0 Å². The van der Waals surface area contributed by atoms with Crippen molar-refractivity contribution in [2.75, 3.05) is 36.9 Å². The zero-order valence-electron chi connectivity index (χ0n) is 17.0. The second-order valence-electron chi connectivity index (χ2n) is 7.89. The van der Waals surface area contributed by atoms with Crippen LogP contribution in [0.15, 0.2) is 54.6 Å². The maximum absolute atomic E-state index is 12.3. The van der Waals surface area contributed by atoms with Crippen LogP contribution < -0.4 is 16.0 Å². The molecule has 3 amide bonds. The zero-order valence-corrected chi connectivity index (χ0v) is 17.0. The first-order valence-electron chi connectivity index (χ1n) is 10.5. The number of rotatable bonds is 7. The molecule has 3 N–H and O–H groups in total. The maximum atomic E-state index is 12.3. The van der Waals surface area contributed by atoms with Crippen molar-refractivity contribution in [2.45, 2.75) is 25.5 Å². The molecule has 1 saturated heterocycles. The maximum Gasteiger partial charge on any atom is 0.319 e. The van der Waals surface area contributed by atoms with Gasteiger partial charge in [-0.3, -0.25) is 9.69 Å². The van der Waals surface area contributed by atoms with E-state index >= 15 is 0 Å². The van der Waals surface area contributed by atoms with Crippen molar-refractivity contribution in [3.8, 4) is 0 Å². The van der Waals surface area contributed by atoms with E-state index in [9.17, 15) is 9.59 Å². The Kier molecular flexibility index (Phi) is 6.61. The fourth-order valence-electron chi connectivity index (χ4n) is 3.54. The molecule has 0 bridgehead atoms. The van der Waals surface area contributed by atoms with Crippen LogP contribution in [0.4, 0.5) is 16.2 Å². The van der Waals surface area contributed by atoms with Crippen LogP contribution in [-0.4, -0.2) is 49.2 Å². The summed E-state index contributed by atoms with van der Waals surface area (Å²) in [5.41, 5.74) is 2.60. The van der Waals surface area contributed by atoms with Gasteiger partial charge in [0.1, 0.15) is 0 Å². The predicted molar refractivity (Wildman–Crippen MR) is 116 cm³/mol. The van der Waals surface area contributed by atoms with Crippen LogP contribution in [0.25, 0.3) is 0 Å². The van der Waals surface area contributed by atoms with Crippen LogP contribution >= 0.6 is 0 Å². The number of benzene rings is 2. The Hall–Kier alpha value is -2.90. The summed E-state index contributed by atoms with van der Waals surface area (Å²) >= 11 is 0. The van der Waals surface area contributed by atoms with Gasteiger partial charge in [0.25, 0.3) is 0 Å². The highest BCUT2D eigenvalue weighted by Crippen LogP contribution is 2.30. The highest BCUT2D eigenvalue weighted by Gasteiger charge is 2.29. The summed E-state index contributed by atoms with van der Waals surface area (Å²) in [6.45, 7) is 3.64. The van der Waals surface area contributed by atoms with Crippen molar-refractivity contribution < 1.29 is 14.3 Å². The van der Waals surface area contributed by atoms with E-state index in [1.54, 1.807) is 12.1 Å². The van der Waals surface area contributed by atoms with Crippen LogP contribution in [0.1, 0.15) is 18.4 Å². The molecule has 7 nitrogen and oxygen atoms in total. The van der Waals surface area contributed by atoms with Gasteiger partial charge in [0.05, 0.1) is 12.7 Å². The summed E-state index contributed by atoms with van der Waals surface area (Å²) in [4.78, 5) is 26.5. The smallest absolute Gasteiger partial charge is 0.319 e. The molecule has 30 heavy (non-hydrogen) atoms. The van der Waals surface area contributed by atoms with Crippen LogP contribution in [0.3, 0.4) is 0 Å². The third kappa shape index (κ3) is 6.05. The lowest BCUT2D eigenvalue weighted by molar-refractivity contribution is -0.117. The third-order valence-electron chi connectivity index (χ3n) is 5.30. The molecule has 7 heteroatoms. The Morgan fingerprint density at radius 3 is 2.53 bits per heavy atom. The van der Waals surface area contributed by atoms with Gasteiger partial charge in [0.2, 0.25) is 5.91 Å². The fraction of sp³-hybridized carbons (Fsp3) is 0.391. The predicted octanol–water partition coefficient (Wildman–Crippen LogP) is 3.06. The van der Waals surface area contributed by atoms with Crippen molar-refractivity contribution in [3.05, 3.63) is 60.2 Å². The van der Waals surface area contributed by atoms with Gasteiger partial charge in [-0.25, -0.2) is 4.79 Å². The van der Waals surface area contributed by atoms with E-state index in [0.29, 0.717) is 24.5 Å². The van der Waals surface area contributed by atoms with E-state index in [4.69, 9.17) is 4.74 Å². The standard InChI is InChI=1S/C23H28N4O3/c28-22(18-9-10-18)25-19-7-4-8-20(13-19)26-23(29)24-14-21-16-27(11-12-30-21)15-17-5-2-1-3-6-17/h1-8,13,18,21H,9-12,14-16H2,(H,25,28)(H2,24,26,29). The Labute approximate surface area is 176 Å². The molecule has 158 valence electrons. The first-order valence-corrected chi connectivity index (χ1v) is 10.5. The molecule has 1 heterocycles. The minimum absolute atomic E-state index is 0.0441. The van der Waals surface area contributed by atoms with Crippen molar-refractivity contribution >= 4 is 23.3 Å². The molecule has 2 aliphatic rings. The average molecular weight is 409 g/mol. The number of amides is 3. The van der Waals surface area contributed by atoms with Crippen LogP contribution in [-0.2, 0) is 16.1 Å². The van der Waals surface area contributed by atoms with Crippen molar-refractivity contribution in [1.82, 2.24) is 10.2 Å². The molecule has 1 saturated carbocycles. The van der Waals surface area contributed by atoms with Crippen molar-refractivity contribution in [2.24, 2.45) is 5.92 Å². The molecular weight excluding hydrogens is 380 g/mol. The lowest BCUT2D eigenvalue weighted by Crippen LogP contribution is -2.47. The first-order chi connectivity index (χ1) is 14.7. The second kappa shape index (κ2) is 9.73. The van der Waals surface area contributed by atoms with Gasteiger partial charge < -0.3 is 20.7 Å². The molecule has 2 aromatic rings. The molecule has 1 aliphatic heterocycles. The number of carbonyl (C=O) groups is 2. The minimum atomic E-state index is -0.288. The molecule has 0 radical (unpaired) electrons. The largest absolute Gasteiger partial charge is 0.374 e. The van der Waals surface area contributed by atoms with E-state index in [0.717, 1.165) is 32.5 Å². The van der Waals surface area contributed by atoms with Gasteiger partial charge >= 0.3 is 6.03 Å². The van der Waals surface area contributed by atoms with Gasteiger partial charge in [0, 0.05) is 43.5 Å². The quantitative estimate of drug-likeness (QED) is 0.658. The number of urea groups is 1. The van der Waals surface area contributed by atoms with Gasteiger partial charge in [-0.2, -0.15) is 0 Å². The van der Waals surface area contributed by atoms with Crippen LogP contribution in [0.2, 0.25) is 0 Å². The number of nitrogens with zero attached hydrogens (tertiary/aromatic N) is 1. The first kappa shape index (κ1) is 20.4.